The average Bonchev–Trinajstić information content (AvgIpc) is 3.35. The summed E-state index contributed by atoms with van der Waals surface area (Å²) in [6.45, 7) is 0. The van der Waals surface area contributed by atoms with Gasteiger partial charge in [0.15, 0.2) is 5.82 Å². The third kappa shape index (κ3) is 2.80. The van der Waals surface area contributed by atoms with Crippen LogP contribution in [0.5, 0.6) is 0 Å². The number of hydrazine groups is 1. The SMILES string of the molecule is O=C(Nc1cccnc1-n1cccn1)C1CC(c2ccco2)NN1. The van der Waals surface area contributed by atoms with Crippen LogP contribution >= 0.6 is 0 Å². The molecule has 0 aliphatic carbocycles. The first-order valence-corrected chi connectivity index (χ1v) is 7.61. The molecule has 3 N–H and O–H groups in total. The minimum absolute atomic E-state index is 0.0322. The van der Waals surface area contributed by atoms with Gasteiger partial charge in [0.05, 0.1) is 18.0 Å². The Bertz CT molecular complexity index is 815. The highest BCUT2D eigenvalue weighted by Crippen LogP contribution is 2.24. The summed E-state index contributed by atoms with van der Waals surface area (Å²) in [5.41, 5.74) is 6.69. The molecule has 0 spiro atoms. The van der Waals surface area contributed by atoms with Crippen molar-refractivity contribution >= 4 is 11.6 Å². The van der Waals surface area contributed by atoms with Crippen molar-refractivity contribution in [3.05, 3.63) is 60.9 Å². The van der Waals surface area contributed by atoms with Gasteiger partial charge in [0.1, 0.15) is 11.8 Å². The van der Waals surface area contributed by atoms with E-state index in [0.717, 1.165) is 5.76 Å². The monoisotopic (exact) mass is 324 g/mol. The number of rotatable bonds is 4. The van der Waals surface area contributed by atoms with Crippen molar-refractivity contribution in [2.24, 2.45) is 0 Å². The van der Waals surface area contributed by atoms with Crippen LogP contribution in [0.15, 0.2) is 59.6 Å². The number of nitrogens with zero attached hydrogens (tertiary/aromatic N) is 3. The number of amides is 1. The summed E-state index contributed by atoms with van der Waals surface area (Å²) < 4.78 is 6.99. The molecule has 122 valence electrons. The minimum Gasteiger partial charge on any atom is -0.468 e. The van der Waals surface area contributed by atoms with Gasteiger partial charge in [-0.2, -0.15) is 5.10 Å². The van der Waals surface area contributed by atoms with Crippen molar-refractivity contribution in [1.82, 2.24) is 25.6 Å². The van der Waals surface area contributed by atoms with Gasteiger partial charge in [-0.1, -0.05) is 0 Å². The van der Waals surface area contributed by atoms with Crippen LogP contribution in [-0.4, -0.2) is 26.7 Å². The minimum atomic E-state index is -0.370. The van der Waals surface area contributed by atoms with Gasteiger partial charge in [-0.25, -0.2) is 20.5 Å². The number of anilines is 1. The molecule has 3 aromatic heterocycles. The second kappa shape index (κ2) is 6.26. The maximum Gasteiger partial charge on any atom is 0.243 e. The zero-order valence-electron chi connectivity index (χ0n) is 12.7. The van der Waals surface area contributed by atoms with Gasteiger partial charge in [0.25, 0.3) is 0 Å². The summed E-state index contributed by atoms with van der Waals surface area (Å²) >= 11 is 0. The van der Waals surface area contributed by atoms with E-state index in [4.69, 9.17) is 4.42 Å². The standard InChI is InChI=1S/C16H16N6O2/c23-16(13-10-12(20-21-13)14-5-2-9-24-14)19-11-4-1-6-17-15(11)22-8-3-7-18-22/h1-9,12-13,20-21H,10H2,(H,19,23). The molecular formula is C16H16N6O2. The molecule has 4 rings (SSSR count). The molecule has 8 heteroatoms. The number of carbonyl (C=O) groups excluding carboxylic acids is 1. The Balaban J connectivity index is 1.48. The zero-order chi connectivity index (χ0) is 16.4. The lowest BCUT2D eigenvalue weighted by Crippen LogP contribution is -2.39. The van der Waals surface area contributed by atoms with E-state index in [1.54, 1.807) is 47.7 Å². The molecule has 0 radical (unpaired) electrons. The van der Waals surface area contributed by atoms with Crippen molar-refractivity contribution in [3.63, 3.8) is 0 Å². The Morgan fingerprint density at radius 2 is 2.21 bits per heavy atom. The maximum absolute atomic E-state index is 12.6. The molecule has 2 unspecified atom stereocenters. The maximum atomic E-state index is 12.6. The van der Waals surface area contributed by atoms with Crippen LogP contribution in [0.4, 0.5) is 5.69 Å². The van der Waals surface area contributed by atoms with Crippen molar-refractivity contribution < 1.29 is 9.21 Å². The van der Waals surface area contributed by atoms with E-state index < -0.39 is 0 Å². The van der Waals surface area contributed by atoms with Crippen LogP contribution in [0.3, 0.4) is 0 Å². The number of carbonyl (C=O) groups is 1. The van der Waals surface area contributed by atoms with Crippen LogP contribution < -0.4 is 16.2 Å². The predicted octanol–water partition coefficient (Wildman–Crippen LogP) is 1.41. The Hall–Kier alpha value is -2.97. The second-order valence-corrected chi connectivity index (χ2v) is 5.46. The first kappa shape index (κ1) is 14.6. The molecule has 24 heavy (non-hydrogen) atoms. The zero-order valence-corrected chi connectivity index (χ0v) is 12.7. The van der Waals surface area contributed by atoms with Crippen molar-refractivity contribution in [1.29, 1.82) is 0 Å². The second-order valence-electron chi connectivity index (χ2n) is 5.46. The Kier molecular flexibility index (Phi) is 3.81. The van der Waals surface area contributed by atoms with Gasteiger partial charge >= 0.3 is 0 Å². The van der Waals surface area contributed by atoms with E-state index in [-0.39, 0.29) is 18.0 Å². The summed E-state index contributed by atoms with van der Waals surface area (Å²) in [5.74, 6) is 1.23. The lowest BCUT2D eigenvalue weighted by Gasteiger charge is -2.13. The van der Waals surface area contributed by atoms with Gasteiger partial charge in [0.2, 0.25) is 5.91 Å². The van der Waals surface area contributed by atoms with Crippen LogP contribution in [-0.2, 0) is 4.79 Å². The Labute approximate surface area is 137 Å². The normalized spacial score (nSPS) is 20.2. The third-order valence-electron chi connectivity index (χ3n) is 3.87. The molecule has 1 aliphatic rings. The van der Waals surface area contributed by atoms with E-state index in [1.807, 2.05) is 12.1 Å². The number of aromatic nitrogens is 3. The highest BCUT2D eigenvalue weighted by Gasteiger charge is 2.31. The topological polar surface area (TPSA) is 97.0 Å². The van der Waals surface area contributed by atoms with Crippen molar-refractivity contribution in [2.75, 3.05) is 5.32 Å². The van der Waals surface area contributed by atoms with Crippen LogP contribution in [0.2, 0.25) is 0 Å². The summed E-state index contributed by atoms with van der Waals surface area (Å²) in [4.78, 5) is 16.8. The third-order valence-corrected chi connectivity index (χ3v) is 3.87. The van der Waals surface area contributed by atoms with Gasteiger partial charge < -0.3 is 9.73 Å². The largest absolute Gasteiger partial charge is 0.468 e. The van der Waals surface area contributed by atoms with E-state index >= 15 is 0 Å². The lowest BCUT2D eigenvalue weighted by molar-refractivity contribution is -0.117. The van der Waals surface area contributed by atoms with E-state index in [1.165, 1.54) is 0 Å². The molecule has 1 saturated heterocycles. The predicted molar refractivity (Wildman–Crippen MR) is 86.1 cm³/mol. The van der Waals surface area contributed by atoms with Crippen LogP contribution in [0.25, 0.3) is 5.82 Å². The van der Waals surface area contributed by atoms with E-state index in [0.29, 0.717) is 17.9 Å². The van der Waals surface area contributed by atoms with Crippen molar-refractivity contribution in [3.8, 4) is 5.82 Å². The highest BCUT2D eigenvalue weighted by atomic mass is 16.3. The number of hydrogen-bond acceptors (Lipinski definition) is 6. The van der Waals surface area contributed by atoms with E-state index in [9.17, 15) is 4.79 Å². The number of furan rings is 1. The molecule has 1 aliphatic heterocycles. The Morgan fingerprint density at radius 3 is 3.00 bits per heavy atom. The molecule has 1 fully saturated rings. The first-order valence-electron chi connectivity index (χ1n) is 7.61. The fourth-order valence-corrected chi connectivity index (χ4v) is 2.70. The van der Waals surface area contributed by atoms with Crippen LogP contribution in [0.1, 0.15) is 18.2 Å². The van der Waals surface area contributed by atoms with Crippen LogP contribution in [0, 0.1) is 0 Å². The molecule has 2 atom stereocenters. The highest BCUT2D eigenvalue weighted by molar-refractivity contribution is 5.96. The fourth-order valence-electron chi connectivity index (χ4n) is 2.70. The molecule has 4 heterocycles. The smallest absolute Gasteiger partial charge is 0.243 e. The summed E-state index contributed by atoms with van der Waals surface area (Å²) in [6, 6.07) is 8.69. The van der Waals surface area contributed by atoms with Gasteiger partial charge in [-0.15, -0.1) is 0 Å². The van der Waals surface area contributed by atoms with Crippen molar-refractivity contribution in [2.45, 2.75) is 18.5 Å². The van der Waals surface area contributed by atoms with Gasteiger partial charge in [-0.3, -0.25) is 4.79 Å². The summed E-state index contributed by atoms with van der Waals surface area (Å²) in [5, 5.41) is 7.07. The molecule has 0 saturated carbocycles. The lowest BCUT2D eigenvalue weighted by atomic mass is 10.1. The fraction of sp³-hybridized carbons (Fsp3) is 0.188. The first-order chi connectivity index (χ1) is 11.8. The molecule has 0 aromatic carbocycles. The number of pyridine rings is 1. The number of hydrogen-bond donors (Lipinski definition) is 3. The molecular weight excluding hydrogens is 308 g/mol. The Morgan fingerprint density at radius 1 is 1.25 bits per heavy atom. The van der Waals surface area contributed by atoms with Gasteiger partial charge in [0, 0.05) is 18.6 Å². The van der Waals surface area contributed by atoms with Gasteiger partial charge in [-0.05, 0) is 36.8 Å². The summed E-state index contributed by atoms with van der Waals surface area (Å²) in [7, 11) is 0. The van der Waals surface area contributed by atoms with E-state index in [2.05, 4.69) is 26.3 Å². The molecule has 0 bridgehead atoms. The number of nitrogens with one attached hydrogen (secondary N) is 3. The average molecular weight is 324 g/mol. The summed E-state index contributed by atoms with van der Waals surface area (Å²) in [6.07, 6.45) is 7.32. The molecule has 8 nitrogen and oxygen atoms in total. The quantitative estimate of drug-likeness (QED) is 0.671. The molecule has 1 amide bonds. The molecule has 3 aromatic rings.